The van der Waals surface area contributed by atoms with Crippen LogP contribution in [0.5, 0.6) is 0 Å². The lowest BCUT2D eigenvalue weighted by atomic mass is 10.0. The minimum absolute atomic E-state index is 0.0613. The summed E-state index contributed by atoms with van der Waals surface area (Å²) in [5.41, 5.74) is 10.00. The first-order chi connectivity index (χ1) is 20.1. The molecule has 0 radical (unpaired) electrons. The van der Waals surface area contributed by atoms with Crippen molar-refractivity contribution in [2.75, 3.05) is 26.2 Å². The first-order valence-corrected chi connectivity index (χ1v) is 15.4. The van der Waals surface area contributed by atoms with E-state index in [1.807, 2.05) is 42.5 Å². The van der Waals surface area contributed by atoms with E-state index in [0.717, 1.165) is 24.0 Å². The first kappa shape index (κ1) is 30.9. The number of amides is 2. The molecule has 11 heteroatoms. The molecule has 1 saturated heterocycles. The number of nitrogen functional groups attached to an aromatic ring is 1. The molecule has 42 heavy (non-hydrogen) atoms. The van der Waals surface area contributed by atoms with Crippen molar-refractivity contribution in [3.63, 3.8) is 0 Å². The zero-order valence-corrected chi connectivity index (χ0v) is 24.6. The van der Waals surface area contributed by atoms with Gasteiger partial charge in [-0.1, -0.05) is 72.8 Å². The number of nitrogens with two attached hydrogens (primary N) is 1. The molecule has 222 valence electrons. The van der Waals surface area contributed by atoms with Gasteiger partial charge in [0.1, 0.15) is 11.9 Å². The number of carbonyl (C=O) groups is 2. The average molecular weight is 591 g/mol. The monoisotopic (exact) mass is 590 g/mol. The largest absolute Gasteiger partial charge is 0.384 e. The number of nitrogens with zero attached hydrogens (tertiary/aromatic N) is 2. The summed E-state index contributed by atoms with van der Waals surface area (Å²) in [7, 11) is -4.07. The van der Waals surface area contributed by atoms with E-state index >= 15 is 0 Å². The number of rotatable bonds is 12. The summed E-state index contributed by atoms with van der Waals surface area (Å²) >= 11 is 0. The van der Waals surface area contributed by atoms with Gasteiger partial charge in [0.05, 0.1) is 0 Å². The fourth-order valence-electron chi connectivity index (χ4n) is 4.91. The van der Waals surface area contributed by atoms with Gasteiger partial charge >= 0.3 is 0 Å². The van der Waals surface area contributed by atoms with Crippen molar-refractivity contribution < 1.29 is 18.0 Å². The molecular formula is C31H38N6O4S. The minimum atomic E-state index is -4.07. The summed E-state index contributed by atoms with van der Waals surface area (Å²) < 4.78 is 31.4. The molecule has 0 spiro atoms. The Morgan fingerprint density at radius 1 is 0.833 bits per heavy atom. The molecule has 1 aliphatic heterocycles. The Balaban J connectivity index is 1.41. The third-order valence-electron chi connectivity index (χ3n) is 7.34. The molecule has 1 unspecified atom stereocenters. The second-order valence-corrected chi connectivity index (χ2v) is 12.0. The van der Waals surface area contributed by atoms with Crippen LogP contribution in [0.4, 0.5) is 0 Å². The van der Waals surface area contributed by atoms with Gasteiger partial charge in [-0.15, -0.1) is 0 Å². The lowest BCUT2D eigenvalue weighted by Crippen LogP contribution is -2.57. The number of benzene rings is 3. The molecule has 0 aromatic heterocycles. The highest BCUT2D eigenvalue weighted by Gasteiger charge is 2.31. The predicted octanol–water partition coefficient (Wildman–Crippen LogP) is 1.98. The van der Waals surface area contributed by atoms with Crippen LogP contribution in [-0.4, -0.2) is 68.1 Å². The molecule has 2 amide bonds. The zero-order valence-electron chi connectivity index (χ0n) is 23.8. The molecule has 3 aromatic rings. The molecule has 0 bridgehead atoms. The van der Waals surface area contributed by atoms with Crippen LogP contribution in [0, 0.1) is 5.41 Å². The van der Waals surface area contributed by atoms with E-state index in [-0.39, 0.29) is 30.6 Å². The van der Waals surface area contributed by atoms with Crippen LogP contribution >= 0.6 is 0 Å². The SMILES string of the molecule is CC(=O)N1CCN(C(=O)C(Cc2cccc(C(=N)N)c2)NS(=O)(=O)NCc2ccc(CCc3ccccc3)cc2)CC1. The average Bonchev–Trinajstić information content (AvgIpc) is 2.99. The van der Waals surface area contributed by atoms with Crippen LogP contribution in [0.25, 0.3) is 0 Å². The molecule has 5 N–H and O–H groups in total. The number of aryl methyl sites for hydroxylation is 2. The number of hydrogen-bond donors (Lipinski definition) is 4. The Morgan fingerprint density at radius 2 is 1.40 bits per heavy atom. The Kier molecular flexibility index (Phi) is 10.5. The number of hydrogen-bond acceptors (Lipinski definition) is 5. The molecule has 4 rings (SSSR count). The summed E-state index contributed by atoms with van der Waals surface area (Å²) in [5, 5.41) is 7.72. The molecule has 1 aliphatic rings. The molecule has 0 saturated carbocycles. The predicted molar refractivity (Wildman–Crippen MR) is 163 cm³/mol. The highest BCUT2D eigenvalue weighted by Crippen LogP contribution is 2.13. The second-order valence-electron chi connectivity index (χ2n) is 10.4. The highest BCUT2D eigenvalue weighted by atomic mass is 32.2. The number of nitrogens with one attached hydrogen (secondary N) is 3. The van der Waals surface area contributed by atoms with Crippen LogP contribution < -0.4 is 15.2 Å². The van der Waals surface area contributed by atoms with Gasteiger partial charge in [0.2, 0.25) is 11.8 Å². The van der Waals surface area contributed by atoms with Gasteiger partial charge in [-0.3, -0.25) is 15.0 Å². The maximum absolute atomic E-state index is 13.6. The Labute approximate surface area is 247 Å². The van der Waals surface area contributed by atoms with Gasteiger partial charge in [0.25, 0.3) is 10.2 Å². The van der Waals surface area contributed by atoms with E-state index in [9.17, 15) is 18.0 Å². The van der Waals surface area contributed by atoms with Crippen LogP contribution in [0.15, 0.2) is 78.9 Å². The lowest BCUT2D eigenvalue weighted by molar-refractivity contribution is -0.139. The lowest BCUT2D eigenvalue weighted by Gasteiger charge is -2.36. The van der Waals surface area contributed by atoms with Gasteiger partial charge in [-0.05, 0) is 47.6 Å². The number of amidine groups is 1. The highest BCUT2D eigenvalue weighted by molar-refractivity contribution is 7.87. The summed E-state index contributed by atoms with van der Waals surface area (Å²) in [6, 6.07) is 23.8. The maximum atomic E-state index is 13.6. The van der Waals surface area contributed by atoms with Gasteiger partial charge in [-0.25, -0.2) is 0 Å². The third kappa shape index (κ3) is 8.97. The molecule has 3 aromatic carbocycles. The topological polar surface area (TPSA) is 149 Å². The van der Waals surface area contributed by atoms with Crippen molar-refractivity contribution in [2.24, 2.45) is 5.73 Å². The molecule has 0 aliphatic carbocycles. The number of carbonyl (C=O) groups excluding carboxylic acids is 2. The molecular weight excluding hydrogens is 552 g/mol. The molecule has 10 nitrogen and oxygen atoms in total. The van der Waals surface area contributed by atoms with E-state index in [1.165, 1.54) is 12.5 Å². The Bertz CT molecular complexity index is 1490. The normalized spacial score (nSPS) is 14.4. The summed E-state index contributed by atoms with van der Waals surface area (Å²) in [6.07, 6.45) is 1.88. The molecule has 1 fully saturated rings. The van der Waals surface area contributed by atoms with Crippen molar-refractivity contribution in [1.29, 1.82) is 5.41 Å². The van der Waals surface area contributed by atoms with Crippen molar-refractivity contribution in [1.82, 2.24) is 19.2 Å². The van der Waals surface area contributed by atoms with Gasteiger partial charge in [-0.2, -0.15) is 17.9 Å². The van der Waals surface area contributed by atoms with Crippen molar-refractivity contribution in [3.8, 4) is 0 Å². The molecule has 1 heterocycles. The maximum Gasteiger partial charge on any atom is 0.277 e. The molecule has 1 atom stereocenters. The zero-order chi connectivity index (χ0) is 30.1. The van der Waals surface area contributed by atoms with Crippen LogP contribution in [0.2, 0.25) is 0 Å². The van der Waals surface area contributed by atoms with Crippen LogP contribution in [-0.2, 0) is 45.6 Å². The van der Waals surface area contributed by atoms with E-state index < -0.39 is 16.3 Å². The van der Waals surface area contributed by atoms with Crippen LogP contribution in [0.3, 0.4) is 0 Å². The first-order valence-electron chi connectivity index (χ1n) is 14.0. The Morgan fingerprint density at radius 3 is 2.02 bits per heavy atom. The van der Waals surface area contributed by atoms with E-state index in [4.69, 9.17) is 11.1 Å². The fourth-order valence-corrected chi connectivity index (χ4v) is 5.91. The van der Waals surface area contributed by atoms with Gasteiger partial charge < -0.3 is 15.5 Å². The summed E-state index contributed by atoms with van der Waals surface area (Å²) in [5.74, 6) is -0.554. The smallest absolute Gasteiger partial charge is 0.277 e. The van der Waals surface area contributed by atoms with Crippen molar-refractivity contribution >= 4 is 27.9 Å². The quantitative estimate of drug-likeness (QED) is 0.188. The van der Waals surface area contributed by atoms with Crippen molar-refractivity contribution in [2.45, 2.75) is 38.8 Å². The van der Waals surface area contributed by atoms with E-state index in [0.29, 0.717) is 37.3 Å². The number of piperazine rings is 1. The summed E-state index contributed by atoms with van der Waals surface area (Å²) in [6.45, 7) is 2.95. The van der Waals surface area contributed by atoms with E-state index in [1.54, 1.807) is 34.1 Å². The van der Waals surface area contributed by atoms with Gasteiger partial charge in [0, 0.05) is 45.2 Å². The van der Waals surface area contributed by atoms with Crippen molar-refractivity contribution in [3.05, 3.63) is 107 Å². The third-order valence-corrected chi connectivity index (χ3v) is 8.46. The minimum Gasteiger partial charge on any atom is -0.384 e. The summed E-state index contributed by atoms with van der Waals surface area (Å²) in [4.78, 5) is 28.5. The Hall–Kier alpha value is -4.06. The van der Waals surface area contributed by atoms with Crippen LogP contribution in [0.1, 0.15) is 34.7 Å². The second kappa shape index (κ2) is 14.2. The van der Waals surface area contributed by atoms with Gasteiger partial charge in [0.15, 0.2) is 0 Å². The van der Waals surface area contributed by atoms with E-state index in [2.05, 4.69) is 21.6 Å². The standard InChI is InChI=1S/C31H38N6O4S/c1-23(38)36-16-18-37(19-17-36)31(39)29(21-27-8-5-9-28(20-27)30(32)33)35-42(40,41)34-22-26-14-12-25(13-15-26)11-10-24-6-3-2-4-7-24/h2-9,12-15,20,29,34-35H,10-11,16-19,21-22H2,1H3,(H3,32,33). The fraction of sp³-hybridized carbons (Fsp3) is 0.323.